The standard InChI is InChI=1S/C24H29ClFN5O2/c1-14-5-4-8-30(14)9-10-33-21-11-17(26)6-7-18(21)24(32)31-12-19(20(27)13-31)23-28-15(2)22(25)16(3)29-23/h6-7,11,14,27-28H,4-5,8-10,12-13H2,1-3H3/b23-19+,27-20?/t14-/m1/s1. The Morgan fingerprint density at radius 3 is 2.85 bits per heavy atom. The Balaban J connectivity index is 1.49. The average molecular weight is 474 g/mol. The minimum Gasteiger partial charge on any atom is -0.491 e. The van der Waals surface area contributed by atoms with Crippen LogP contribution in [0.2, 0.25) is 0 Å². The predicted octanol–water partition coefficient (Wildman–Crippen LogP) is 3.91. The minimum atomic E-state index is -0.455. The van der Waals surface area contributed by atoms with Gasteiger partial charge in [-0.1, -0.05) is 11.6 Å². The molecular formula is C24H29ClFN5O2. The fourth-order valence-corrected chi connectivity index (χ4v) is 4.53. The number of halogens is 2. The lowest BCUT2D eigenvalue weighted by atomic mass is 10.1. The van der Waals surface area contributed by atoms with E-state index < -0.39 is 5.82 Å². The molecule has 1 aromatic rings. The Hall–Kier alpha value is -2.71. The fraction of sp³-hybridized carbons (Fsp3) is 0.458. The lowest BCUT2D eigenvalue weighted by Crippen LogP contribution is -2.32. The zero-order chi connectivity index (χ0) is 23.7. The van der Waals surface area contributed by atoms with Gasteiger partial charge in [0.2, 0.25) is 0 Å². The Morgan fingerprint density at radius 1 is 1.36 bits per heavy atom. The van der Waals surface area contributed by atoms with Crippen LogP contribution < -0.4 is 10.1 Å². The molecule has 3 aliphatic rings. The zero-order valence-corrected chi connectivity index (χ0v) is 19.9. The van der Waals surface area contributed by atoms with Crippen LogP contribution in [0, 0.1) is 11.2 Å². The van der Waals surface area contributed by atoms with Crippen LogP contribution in [0.1, 0.15) is 44.0 Å². The highest BCUT2D eigenvalue weighted by Crippen LogP contribution is 2.27. The van der Waals surface area contributed by atoms with Crippen molar-refractivity contribution in [2.75, 3.05) is 32.8 Å². The van der Waals surface area contributed by atoms with E-state index in [1.807, 2.05) is 6.92 Å². The van der Waals surface area contributed by atoms with Gasteiger partial charge in [0.15, 0.2) is 0 Å². The van der Waals surface area contributed by atoms with Gasteiger partial charge in [-0.2, -0.15) is 0 Å². The van der Waals surface area contributed by atoms with E-state index in [4.69, 9.17) is 21.7 Å². The molecule has 1 atom stereocenters. The summed E-state index contributed by atoms with van der Waals surface area (Å²) in [6.07, 6.45) is 2.34. The fourth-order valence-electron chi connectivity index (χ4n) is 4.44. The maximum atomic E-state index is 14.0. The van der Waals surface area contributed by atoms with Gasteiger partial charge in [0.05, 0.1) is 35.1 Å². The number of carbonyl (C=O) groups excluding carboxylic acids is 1. The second-order valence-electron chi connectivity index (χ2n) is 8.74. The van der Waals surface area contributed by atoms with Gasteiger partial charge < -0.3 is 20.4 Å². The lowest BCUT2D eigenvalue weighted by molar-refractivity contribution is 0.0798. The molecule has 2 N–H and O–H groups in total. The molecule has 0 saturated carbocycles. The summed E-state index contributed by atoms with van der Waals surface area (Å²) in [6, 6.07) is 4.48. The molecule has 3 heterocycles. The molecule has 1 aromatic carbocycles. The number of benzene rings is 1. The number of rotatable bonds is 5. The number of nitrogens with one attached hydrogen (secondary N) is 2. The van der Waals surface area contributed by atoms with E-state index >= 15 is 0 Å². The highest BCUT2D eigenvalue weighted by Gasteiger charge is 2.32. The molecule has 7 nitrogen and oxygen atoms in total. The van der Waals surface area contributed by atoms with Crippen LogP contribution in [-0.2, 0) is 0 Å². The lowest BCUT2D eigenvalue weighted by Gasteiger charge is -2.22. The van der Waals surface area contributed by atoms with Crippen LogP contribution in [0.25, 0.3) is 0 Å². The molecule has 4 rings (SSSR count). The highest BCUT2D eigenvalue weighted by molar-refractivity contribution is 6.43. The van der Waals surface area contributed by atoms with Crippen molar-refractivity contribution in [3.8, 4) is 5.75 Å². The Morgan fingerprint density at radius 2 is 2.15 bits per heavy atom. The van der Waals surface area contributed by atoms with Crippen LogP contribution in [0.3, 0.4) is 0 Å². The maximum absolute atomic E-state index is 14.0. The highest BCUT2D eigenvalue weighted by atomic mass is 35.5. The number of amides is 1. The summed E-state index contributed by atoms with van der Waals surface area (Å²) in [6.45, 7) is 8.35. The summed E-state index contributed by atoms with van der Waals surface area (Å²) in [5.41, 5.74) is 2.65. The van der Waals surface area contributed by atoms with Gasteiger partial charge in [0, 0.05) is 29.9 Å². The van der Waals surface area contributed by atoms with Crippen LogP contribution in [0.5, 0.6) is 5.75 Å². The van der Waals surface area contributed by atoms with Gasteiger partial charge in [-0.25, -0.2) is 9.38 Å². The largest absolute Gasteiger partial charge is 0.491 e. The minimum absolute atomic E-state index is 0.145. The third kappa shape index (κ3) is 4.96. The van der Waals surface area contributed by atoms with Crippen molar-refractivity contribution in [1.29, 1.82) is 5.41 Å². The van der Waals surface area contributed by atoms with E-state index in [1.54, 1.807) is 11.8 Å². The first-order valence-corrected chi connectivity index (χ1v) is 11.6. The van der Waals surface area contributed by atoms with E-state index in [1.165, 1.54) is 31.0 Å². The number of allylic oxidation sites excluding steroid dienone is 2. The van der Waals surface area contributed by atoms with Crippen molar-refractivity contribution in [2.45, 2.75) is 39.7 Å². The molecule has 9 heteroatoms. The predicted molar refractivity (Wildman–Crippen MR) is 128 cm³/mol. The maximum Gasteiger partial charge on any atom is 0.258 e. The van der Waals surface area contributed by atoms with Gasteiger partial charge in [-0.05, 0) is 52.3 Å². The molecule has 0 aromatic heterocycles. The quantitative estimate of drug-likeness (QED) is 0.679. The van der Waals surface area contributed by atoms with Gasteiger partial charge in [-0.3, -0.25) is 9.69 Å². The molecule has 0 bridgehead atoms. The van der Waals surface area contributed by atoms with Crippen LogP contribution in [0.15, 0.2) is 45.3 Å². The van der Waals surface area contributed by atoms with E-state index in [0.29, 0.717) is 46.1 Å². The molecule has 0 aliphatic carbocycles. The first-order chi connectivity index (χ1) is 15.7. The number of hydrogen-bond acceptors (Lipinski definition) is 6. The summed E-state index contributed by atoms with van der Waals surface area (Å²) >= 11 is 6.20. The third-order valence-electron chi connectivity index (χ3n) is 6.37. The van der Waals surface area contributed by atoms with Crippen molar-refractivity contribution in [3.05, 3.63) is 51.7 Å². The molecule has 0 unspecified atom stereocenters. The zero-order valence-electron chi connectivity index (χ0n) is 19.2. The van der Waals surface area contributed by atoms with Crippen molar-refractivity contribution < 1.29 is 13.9 Å². The molecule has 0 radical (unpaired) electrons. The molecule has 1 amide bonds. The van der Waals surface area contributed by atoms with Crippen LogP contribution >= 0.6 is 11.6 Å². The summed E-state index contributed by atoms with van der Waals surface area (Å²) < 4.78 is 19.8. The van der Waals surface area contributed by atoms with Gasteiger partial charge >= 0.3 is 0 Å². The molecule has 33 heavy (non-hydrogen) atoms. The molecule has 2 fully saturated rings. The monoisotopic (exact) mass is 473 g/mol. The van der Waals surface area contributed by atoms with E-state index in [2.05, 4.69) is 22.1 Å². The Kier molecular flexibility index (Phi) is 6.86. The van der Waals surface area contributed by atoms with E-state index in [9.17, 15) is 9.18 Å². The Labute approximate surface area is 198 Å². The van der Waals surface area contributed by atoms with Gasteiger partial charge in [0.25, 0.3) is 5.91 Å². The first kappa shape index (κ1) is 23.4. The average Bonchev–Trinajstić information content (AvgIpc) is 3.36. The van der Waals surface area contributed by atoms with Crippen molar-refractivity contribution in [2.24, 2.45) is 4.99 Å². The SMILES string of the molecule is CC1=N/C(=C2\CN(C(=O)c3ccc(F)cc3OCCN3CCC[C@H]3C)CC2=N)NC(C)=C1Cl. The number of likely N-dealkylation sites (tertiary alicyclic amines) is 2. The summed E-state index contributed by atoms with van der Waals surface area (Å²) in [7, 11) is 0. The number of carbonyl (C=O) groups is 1. The molecule has 3 aliphatic heterocycles. The molecule has 176 valence electrons. The summed E-state index contributed by atoms with van der Waals surface area (Å²) in [5, 5.41) is 12.1. The summed E-state index contributed by atoms with van der Waals surface area (Å²) in [4.78, 5) is 21.7. The molecular weight excluding hydrogens is 445 g/mol. The van der Waals surface area contributed by atoms with Crippen molar-refractivity contribution >= 4 is 28.9 Å². The molecule has 0 spiro atoms. The molecule has 2 saturated heterocycles. The third-order valence-corrected chi connectivity index (χ3v) is 6.93. The van der Waals surface area contributed by atoms with Gasteiger partial charge in [-0.15, -0.1) is 0 Å². The van der Waals surface area contributed by atoms with E-state index in [0.717, 1.165) is 18.8 Å². The number of nitrogens with zero attached hydrogens (tertiary/aromatic N) is 3. The first-order valence-electron chi connectivity index (χ1n) is 11.2. The van der Waals surface area contributed by atoms with Crippen molar-refractivity contribution in [3.63, 3.8) is 0 Å². The van der Waals surface area contributed by atoms with Gasteiger partial charge in [0.1, 0.15) is 24.0 Å². The number of hydrogen-bond donors (Lipinski definition) is 2. The Bertz CT molecular complexity index is 1080. The topological polar surface area (TPSA) is 81.0 Å². The second kappa shape index (κ2) is 9.65. The van der Waals surface area contributed by atoms with Crippen LogP contribution in [-0.4, -0.2) is 66.0 Å². The van der Waals surface area contributed by atoms with Crippen molar-refractivity contribution in [1.82, 2.24) is 15.1 Å². The second-order valence-corrected chi connectivity index (χ2v) is 9.12. The smallest absolute Gasteiger partial charge is 0.258 e. The van der Waals surface area contributed by atoms with E-state index in [-0.39, 0.29) is 24.7 Å². The van der Waals surface area contributed by atoms with Crippen LogP contribution in [0.4, 0.5) is 4.39 Å². The normalized spacial score (nSPS) is 23.8. The summed E-state index contributed by atoms with van der Waals surface area (Å²) in [5.74, 6) is 0.00447. The number of aliphatic imine (C=N–C) groups is 1. The number of ether oxygens (including phenoxy) is 1.